The number of hydrogen-bond acceptors (Lipinski definition) is 2. The summed E-state index contributed by atoms with van der Waals surface area (Å²) in [6.07, 6.45) is 6.04. The van der Waals surface area contributed by atoms with Gasteiger partial charge in [0.2, 0.25) is 0 Å². The van der Waals surface area contributed by atoms with Crippen molar-refractivity contribution in [1.29, 1.82) is 0 Å². The van der Waals surface area contributed by atoms with Gasteiger partial charge in [0.15, 0.2) is 0 Å². The van der Waals surface area contributed by atoms with Crippen molar-refractivity contribution in [1.82, 2.24) is 0 Å². The Hall–Kier alpha value is -2.10. The van der Waals surface area contributed by atoms with Crippen LogP contribution in [0.4, 0.5) is 0 Å². The van der Waals surface area contributed by atoms with Gasteiger partial charge in [-0.2, -0.15) is 0 Å². The molecule has 0 aromatic heterocycles. The van der Waals surface area contributed by atoms with Gasteiger partial charge in [-0.3, -0.25) is 0 Å². The van der Waals surface area contributed by atoms with Gasteiger partial charge in [0.25, 0.3) is 0 Å². The number of carboxylic acids is 2. The largest absolute Gasteiger partial charge is 0.478 e. The first-order valence-corrected chi connectivity index (χ1v) is 3.93. The van der Waals surface area contributed by atoms with Gasteiger partial charge >= 0.3 is 11.9 Å². The minimum absolute atomic E-state index is 0.0439. The zero-order valence-electron chi connectivity index (χ0n) is 7.02. The van der Waals surface area contributed by atoms with Crippen LogP contribution in [0.5, 0.6) is 0 Å². The summed E-state index contributed by atoms with van der Waals surface area (Å²) in [6, 6.07) is 0. The lowest BCUT2D eigenvalue weighted by Gasteiger charge is -2.01. The molecule has 0 saturated heterocycles. The summed E-state index contributed by atoms with van der Waals surface area (Å²) in [4.78, 5) is 21.5. The summed E-state index contributed by atoms with van der Waals surface area (Å²) in [6.45, 7) is 0. The van der Waals surface area contributed by atoms with Crippen LogP contribution >= 0.6 is 0 Å². The van der Waals surface area contributed by atoms with Gasteiger partial charge in [-0.1, -0.05) is 12.2 Å². The second-order valence-corrected chi connectivity index (χ2v) is 2.93. The molecular formula is C10H6O4. The molecule has 0 atom stereocenters. The molecule has 0 heterocycles. The van der Waals surface area contributed by atoms with E-state index in [9.17, 15) is 9.59 Å². The monoisotopic (exact) mass is 190 g/mol. The molecule has 4 heteroatoms. The maximum absolute atomic E-state index is 10.8. The molecule has 0 unspecified atom stereocenters. The van der Waals surface area contributed by atoms with Crippen LogP contribution in [-0.2, 0) is 9.59 Å². The van der Waals surface area contributed by atoms with Gasteiger partial charge in [0.1, 0.15) is 0 Å². The minimum Gasteiger partial charge on any atom is -0.478 e. The molecule has 0 aromatic carbocycles. The van der Waals surface area contributed by atoms with E-state index in [1.165, 1.54) is 12.2 Å². The Balaban J connectivity index is 2.55. The number of fused-ring (bicyclic) bond motifs is 1. The van der Waals surface area contributed by atoms with Crippen molar-refractivity contribution < 1.29 is 19.8 Å². The fraction of sp³-hybridized carbons (Fsp3) is 0. The third-order valence-electron chi connectivity index (χ3n) is 2.15. The van der Waals surface area contributed by atoms with Gasteiger partial charge in [-0.15, -0.1) is 0 Å². The van der Waals surface area contributed by atoms with E-state index in [0.29, 0.717) is 11.1 Å². The Labute approximate surface area is 79.2 Å². The molecule has 2 N–H and O–H groups in total. The molecule has 0 fully saturated rings. The van der Waals surface area contributed by atoms with E-state index in [0.717, 1.165) is 0 Å². The highest BCUT2D eigenvalue weighted by atomic mass is 16.4. The van der Waals surface area contributed by atoms with Crippen LogP contribution in [-0.4, -0.2) is 22.2 Å². The lowest BCUT2D eigenvalue weighted by Crippen LogP contribution is -2.06. The van der Waals surface area contributed by atoms with Crippen molar-refractivity contribution in [3.8, 4) is 0 Å². The number of carboxylic acid groups (broad SMARTS) is 2. The fourth-order valence-corrected chi connectivity index (χ4v) is 1.55. The minimum atomic E-state index is -1.10. The predicted octanol–water partition coefficient (Wildman–Crippen LogP) is 0.888. The average Bonchev–Trinajstić information content (AvgIpc) is 2.59. The third-order valence-corrected chi connectivity index (χ3v) is 2.15. The molecule has 0 bridgehead atoms. The Morgan fingerprint density at radius 2 is 1.71 bits per heavy atom. The number of allylic oxidation sites excluding steroid dienone is 4. The second kappa shape index (κ2) is 2.70. The van der Waals surface area contributed by atoms with E-state index in [-0.39, 0.29) is 11.1 Å². The third kappa shape index (κ3) is 1.01. The molecule has 4 nitrogen and oxygen atoms in total. The molecule has 0 spiro atoms. The summed E-state index contributed by atoms with van der Waals surface area (Å²) in [5.74, 6) is -2.21. The van der Waals surface area contributed by atoms with Crippen LogP contribution < -0.4 is 0 Å². The summed E-state index contributed by atoms with van der Waals surface area (Å²) in [5, 5.41) is 17.6. The molecule has 0 amide bonds. The first-order chi connectivity index (χ1) is 6.61. The molecule has 0 aliphatic heterocycles. The lowest BCUT2D eigenvalue weighted by molar-refractivity contribution is -0.132. The Morgan fingerprint density at radius 1 is 1.00 bits per heavy atom. The SMILES string of the molecule is O=C(O)C1=CC=C2C=CC(C(=O)O)=C21. The van der Waals surface area contributed by atoms with Gasteiger partial charge in [0, 0.05) is 5.57 Å². The predicted molar refractivity (Wildman–Crippen MR) is 47.6 cm³/mol. The van der Waals surface area contributed by atoms with E-state index >= 15 is 0 Å². The van der Waals surface area contributed by atoms with E-state index in [1.807, 2.05) is 0 Å². The number of hydrogen-bond donors (Lipinski definition) is 2. The maximum Gasteiger partial charge on any atom is 0.336 e. The Bertz CT molecular complexity index is 461. The zero-order chi connectivity index (χ0) is 10.3. The van der Waals surface area contributed by atoms with Crippen molar-refractivity contribution in [3.63, 3.8) is 0 Å². The fourth-order valence-electron chi connectivity index (χ4n) is 1.55. The number of carbonyl (C=O) groups is 2. The van der Waals surface area contributed by atoms with Crippen molar-refractivity contribution in [2.45, 2.75) is 0 Å². The standard InChI is InChI=1S/C10H6O4/c11-9(12)6-3-1-5-2-4-7(8(5)6)10(13)14/h1-4H,(H,11,12)(H,13,14). The van der Waals surface area contributed by atoms with Crippen LogP contribution in [0.25, 0.3) is 0 Å². The van der Waals surface area contributed by atoms with Gasteiger partial charge in [0.05, 0.1) is 11.1 Å². The highest BCUT2D eigenvalue weighted by Crippen LogP contribution is 2.35. The Kier molecular flexibility index (Phi) is 1.64. The average molecular weight is 190 g/mol. The van der Waals surface area contributed by atoms with Gasteiger partial charge in [-0.05, 0) is 17.7 Å². The maximum atomic E-state index is 10.8. The first kappa shape index (κ1) is 8.50. The molecule has 14 heavy (non-hydrogen) atoms. The van der Waals surface area contributed by atoms with Crippen LogP contribution in [0.1, 0.15) is 0 Å². The molecule has 2 aliphatic rings. The van der Waals surface area contributed by atoms with E-state index in [2.05, 4.69) is 0 Å². The summed E-state index contributed by atoms with van der Waals surface area (Å²) in [7, 11) is 0. The van der Waals surface area contributed by atoms with Crippen molar-refractivity contribution in [3.05, 3.63) is 46.6 Å². The van der Waals surface area contributed by atoms with Crippen molar-refractivity contribution >= 4 is 11.9 Å². The zero-order valence-corrected chi connectivity index (χ0v) is 7.02. The summed E-state index contributed by atoms with van der Waals surface area (Å²) in [5.41, 5.74) is 1.05. The Morgan fingerprint density at radius 3 is 2.29 bits per heavy atom. The lowest BCUT2D eigenvalue weighted by atomic mass is 10.0. The molecule has 0 radical (unpaired) electrons. The molecule has 0 saturated carbocycles. The number of aliphatic carboxylic acids is 2. The molecule has 2 rings (SSSR count). The van der Waals surface area contributed by atoms with Crippen molar-refractivity contribution in [2.24, 2.45) is 0 Å². The van der Waals surface area contributed by atoms with Crippen molar-refractivity contribution in [2.75, 3.05) is 0 Å². The van der Waals surface area contributed by atoms with Crippen LogP contribution in [0.15, 0.2) is 46.6 Å². The van der Waals surface area contributed by atoms with E-state index < -0.39 is 11.9 Å². The van der Waals surface area contributed by atoms with Gasteiger partial charge < -0.3 is 10.2 Å². The molecule has 70 valence electrons. The van der Waals surface area contributed by atoms with E-state index in [1.54, 1.807) is 12.2 Å². The van der Waals surface area contributed by atoms with E-state index in [4.69, 9.17) is 10.2 Å². The summed E-state index contributed by atoms with van der Waals surface area (Å²) >= 11 is 0. The first-order valence-electron chi connectivity index (χ1n) is 3.93. The summed E-state index contributed by atoms with van der Waals surface area (Å²) < 4.78 is 0. The van der Waals surface area contributed by atoms with Crippen LogP contribution in [0, 0.1) is 0 Å². The van der Waals surface area contributed by atoms with Crippen LogP contribution in [0.2, 0.25) is 0 Å². The highest BCUT2D eigenvalue weighted by Gasteiger charge is 2.28. The molecular weight excluding hydrogens is 184 g/mol. The van der Waals surface area contributed by atoms with Crippen LogP contribution in [0.3, 0.4) is 0 Å². The smallest absolute Gasteiger partial charge is 0.336 e. The normalized spacial score (nSPS) is 18.0. The number of rotatable bonds is 2. The molecule has 2 aliphatic carbocycles. The topological polar surface area (TPSA) is 74.6 Å². The quantitative estimate of drug-likeness (QED) is 0.678. The second-order valence-electron chi connectivity index (χ2n) is 2.93. The molecule has 0 aromatic rings. The van der Waals surface area contributed by atoms with Gasteiger partial charge in [-0.25, -0.2) is 9.59 Å². The highest BCUT2D eigenvalue weighted by molar-refractivity contribution is 6.04.